The Kier molecular flexibility index (Phi) is 5.65. The van der Waals surface area contributed by atoms with Crippen LogP contribution in [0.25, 0.3) is 0 Å². The molecule has 3 unspecified atom stereocenters. The van der Waals surface area contributed by atoms with Gasteiger partial charge in [-0.05, 0) is 33.6 Å². The molecule has 0 aromatic rings. The van der Waals surface area contributed by atoms with Gasteiger partial charge in [0.1, 0.15) is 12.2 Å². The summed E-state index contributed by atoms with van der Waals surface area (Å²) in [6.45, 7) is 10.2. The Bertz CT molecular complexity index is 953. The van der Waals surface area contributed by atoms with Crippen molar-refractivity contribution in [2.75, 3.05) is 7.11 Å². The van der Waals surface area contributed by atoms with Gasteiger partial charge in [0.25, 0.3) is 0 Å². The van der Waals surface area contributed by atoms with E-state index in [9.17, 15) is 19.2 Å². The van der Waals surface area contributed by atoms with Gasteiger partial charge in [0.2, 0.25) is 0 Å². The molecule has 10 heteroatoms. The van der Waals surface area contributed by atoms with Crippen LogP contribution >= 0.6 is 0 Å². The standard InChI is InChI=1S/C23H28O10/c1-10-14-16(31-21(27)23(5)11(2)32-23)15(29-12(3)24)13(20(26)28-6)8-7-9-22(4)18(33-22)17(14)30-19(10)25/h8,11,14-18H,1,7,9H2,2-6H3/b13-8+/t11?,14-,15+,16+,17+,18?,22-,23?/m0/s1. The highest BCUT2D eigenvalue weighted by atomic mass is 16.7. The molecule has 3 saturated heterocycles. The highest BCUT2D eigenvalue weighted by Gasteiger charge is 2.66. The van der Waals surface area contributed by atoms with Crippen LogP contribution in [-0.4, -0.2) is 72.7 Å². The highest BCUT2D eigenvalue weighted by Crippen LogP contribution is 2.51. The molecule has 3 aliphatic heterocycles. The van der Waals surface area contributed by atoms with E-state index in [-0.39, 0.29) is 17.3 Å². The fourth-order valence-corrected chi connectivity index (χ4v) is 4.66. The normalized spacial score (nSPS) is 43.1. The average Bonchev–Trinajstić information content (AvgIpc) is 3.57. The molecular formula is C23H28O10. The molecule has 0 amide bonds. The third-order valence-electron chi connectivity index (χ3n) is 6.97. The van der Waals surface area contributed by atoms with Crippen LogP contribution in [0.2, 0.25) is 0 Å². The molecule has 0 aromatic heterocycles. The van der Waals surface area contributed by atoms with E-state index in [0.717, 1.165) is 0 Å². The lowest BCUT2D eigenvalue weighted by molar-refractivity contribution is -0.175. The van der Waals surface area contributed by atoms with Gasteiger partial charge in [-0.2, -0.15) is 0 Å². The van der Waals surface area contributed by atoms with Gasteiger partial charge in [-0.3, -0.25) is 4.79 Å². The third kappa shape index (κ3) is 3.95. The first-order valence-electron chi connectivity index (χ1n) is 10.8. The second-order valence-corrected chi connectivity index (χ2v) is 9.23. The molecule has 0 saturated carbocycles. The first-order valence-corrected chi connectivity index (χ1v) is 10.8. The van der Waals surface area contributed by atoms with E-state index in [2.05, 4.69) is 6.58 Å². The van der Waals surface area contributed by atoms with Crippen molar-refractivity contribution >= 4 is 23.9 Å². The van der Waals surface area contributed by atoms with Crippen LogP contribution in [0.4, 0.5) is 0 Å². The van der Waals surface area contributed by atoms with E-state index in [1.807, 2.05) is 6.92 Å². The molecule has 3 fully saturated rings. The minimum absolute atomic E-state index is 0.00554. The topological polar surface area (TPSA) is 130 Å². The van der Waals surface area contributed by atoms with E-state index >= 15 is 0 Å². The van der Waals surface area contributed by atoms with Crippen LogP contribution in [0.5, 0.6) is 0 Å². The van der Waals surface area contributed by atoms with Crippen LogP contribution in [0, 0.1) is 5.92 Å². The van der Waals surface area contributed by atoms with Crippen molar-refractivity contribution in [3.8, 4) is 0 Å². The summed E-state index contributed by atoms with van der Waals surface area (Å²) in [5.41, 5.74) is -1.77. The summed E-state index contributed by atoms with van der Waals surface area (Å²) in [4.78, 5) is 50.4. The maximum Gasteiger partial charge on any atom is 0.341 e. The number of carbonyl (C=O) groups is 4. The SMILES string of the molecule is C=C1C(=O)O[C@H]2C3O[C@@]3(C)CC/C=C(/C(=O)OC)[C@@H](OC(C)=O)[C@H](OC(=O)C3(C)OC3C)[C@H]12. The van der Waals surface area contributed by atoms with Crippen molar-refractivity contribution in [1.82, 2.24) is 0 Å². The molecule has 1 aliphatic carbocycles. The van der Waals surface area contributed by atoms with Gasteiger partial charge in [0, 0.05) is 12.5 Å². The van der Waals surface area contributed by atoms with Gasteiger partial charge < -0.3 is 28.4 Å². The predicted molar refractivity (Wildman–Crippen MR) is 110 cm³/mol. The van der Waals surface area contributed by atoms with Gasteiger partial charge in [-0.25, -0.2) is 14.4 Å². The van der Waals surface area contributed by atoms with Gasteiger partial charge in [0.15, 0.2) is 17.8 Å². The smallest absolute Gasteiger partial charge is 0.341 e. The van der Waals surface area contributed by atoms with Crippen LogP contribution in [0.1, 0.15) is 40.5 Å². The fourth-order valence-electron chi connectivity index (χ4n) is 4.66. The van der Waals surface area contributed by atoms with E-state index in [0.29, 0.717) is 12.8 Å². The lowest BCUT2D eigenvalue weighted by atomic mass is 9.80. The summed E-state index contributed by atoms with van der Waals surface area (Å²) in [5.74, 6) is -3.79. The number of hydrogen-bond acceptors (Lipinski definition) is 10. The average molecular weight is 464 g/mol. The Morgan fingerprint density at radius 1 is 1.18 bits per heavy atom. The van der Waals surface area contributed by atoms with Crippen molar-refractivity contribution in [3.63, 3.8) is 0 Å². The molecule has 4 aliphatic rings. The maximum absolute atomic E-state index is 13.1. The zero-order valence-electron chi connectivity index (χ0n) is 19.2. The monoisotopic (exact) mass is 464 g/mol. The minimum Gasteiger partial charge on any atom is -0.466 e. The molecule has 0 radical (unpaired) electrons. The first-order chi connectivity index (χ1) is 15.4. The largest absolute Gasteiger partial charge is 0.466 e. The Morgan fingerprint density at radius 3 is 2.42 bits per heavy atom. The maximum atomic E-state index is 13.1. The van der Waals surface area contributed by atoms with Crippen molar-refractivity contribution < 1.29 is 47.6 Å². The molecule has 0 aromatic carbocycles. The molecular weight excluding hydrogens is 436 g/mol. The third-order valence-corrected chi connectivity index (χ3v) is 6.97. The van der Waals surface area contributed by atoms with Crippen LogP contribution in [0.3, 0.4) is 0 Å². The first kappa shape index (κ1) is 23.4. The Hall–Kier alpha value is -2.72. The summed E-state index contributed by atoms with van der Waals surface area (Å²) in [6, 6.07) is 0. The highest BCUT2D eigenvalue weighted by molar-refractivity contribution is 5.93. The number of rotatable bonds is 4. The number of fused-ring (bicyclic) bond motifs is 3. The zero-order valence-corrected chi connectivity index (χ0v) is 19.2. The molecule has 0 bridgehead atoms. The number of carbonyl (C=O) groups excluding carboxylic acids is 4. The Balaban J connectivity index is 1.82. The molecule has 3 heterocycles. The summed E-state index contributed by atoms with van der Waals surface area (Å²) >= 11 is 0. The van der Waals surface area contributed by atoms with Crippen molar-refractivity contribution in [2.24, 2.45) is 5.92 Å². The number of ether oxygens (including phenoxy) is 6. The molecule has 10 nitrogen and oxygen atoms in total. The quantitative estimate of drug-likeness (QED) is 0.258. The van der Waals surface area contributed by atoms with Gasteiger partial charge in [-0.1, -0.05) is 12.7 Å². The Morgan fingerprint density at radius 2 is 1.85 bits per heavy atom. The lowest BCUT2D eigenvalue weighted by Gasteiger charge is -2.34. The van der Waals surface area contributed by atoms with E-state index < -0.39 is 65.4 Å². The van der Waals surface area contributed by atoms with Crippen LogP contribution < -0.4 is 0 Å². The minimum atomic E-state index is -1.36. The van der Waals surface area contributed by atoms with E-state index in [1.54, 1.807) is 19.9 Å². The number of hydrogen-bond donors (Lipinski definition) is 0. The fraction of sp³-hybridized carbons (Fsp3) is 0.652. The molecule has 0 N–H and O–H groups in total. The van der Waals surface area contributed by atoms with Crippen molar-refractivity contribution in [3.05, 3.63) is 23.8 Å². The molecule has 8 atom stereocenters. The molecule has 180 valence electrons. The van der Waals surface area contributed by atoms with Gasteiger partial charge >= 0.3 is 23.9 Å². The number of epoxide rings is 2. The van der Waals surface area contributed by atoms with Gasteiger partial charge in [0.05, 0.1) is 30.3 Å². The summed E-state index contributed by atoms with van der Waals surface area (Å²) in [6.07, 6.45) is -1.87. The lowest BCUT2D eigenvalue weighted by Crippen LogP contribution is -2.49. The van der Waals surface area contributed by atoms with Gasteiger partial charge in [-0.15, -0.1) is 0 Å². The predicted octanol–water partition coefficient (Wildman–Crippen LogP) is 1.16. The number of allylic oxidation sites excluding steroid dienone is 1. The summed E-state index contributed by atoms with van der Waals surface area (Å²) in [7, 11) is 1.19. The summed E-state index contributed by atoms with van der Waals surface area (Å²) < 4.78 is 33.2. The summed E-state index contributed by atoms with van der Waals surface area (Å²) in [5, 5.41) is 0. The number of methoxy groups -OCH3 is 1. The van der Waals surface area contributed by atoms with Crippen molar-refractivity contribution in [1.29, 1.82) is 0 Å². The second-order valence-electron chi connectivity index (χ2n) is 9.23. The van der Waals surface area contributed by atoms with Crippen LogP contribution in [-0.2, 0) is 47.6 Å². The van der Waals surface area contributed by atoms with Crippen LogP contribution in [0.15, 0.2) is 23.8 Å². The van der Waals surface area contributed by atoms with E-state index in [1.165, 1.54) is 14.0 Å². The molecule has 0 spiro atoms. The number of esters is 4. The molecule has 4 rings (SSSR count). The zero-order chi connectivity index (χ0) is 24.3. The van der Waals surface area contributed by atoms with Crippen molar-refractivity contribution in [2.45, 2.75) is 82.3 Å². The van der Waals surface area contributed by atoms with E-state index in [4.69, 9.17) is 28.4 Å². The molecule has 33 heavy (non-hydrogen) atoms. The Labute approximate surface area is 191 Å². The second kappa shape index (κ2) is 7.95.